The maximum atomic E-state index is 14.1. The van der Waals surface area contributed by atoms with Gasteiger partial charge >= 0.3 is 0 Å². The smallest absolute Gasteiger partial charge is 0.256 e. The molecule has 1 N–H and O–H groups in total. The Bertz CT molecular complexity index is 1290. The SMILES string of the molecule is O=C(Nc1nn(Cc2c(F)cccc2Cl)cc1Cl)c1cccc(COc2cccc(Cl)c2)c1. The van der Waals surface area contributed by atoms with Crippen molar-refractivity contribution in [2.75, 3.05) is 5.32 Å². The second-order valence-electron chi connectivity index (χ2n) is 7.12. The van der Waals surface area contributed by atoms with Crippen LogP contribution in [0.3, 0.4) is 0 Å². The van der Waals surface area contributed by atoms with Crippen molar-refractivity contribution < 1.29 is 13.9 Å². The highest BCUT2D eigenvalue weighted by Gasteiger charge is 2.15. The van der Waals surface area contributed by atoms with Crippen LogP contribution in [-0.4, -0.2) is 15.7 Å². The van der Waals surface area contributed by atoms with Crippen LogP contribution >= 0.6 is 34.8 Å². The van der Waals surface area contributed by atoms with Crippen molar-refractivity contribution in [3.8, 4) is 5.75 Å². The molecule has 4 aromatic rings. The van der Waals surface area contributed by atoms with E-state index in [9.17, 15) is 9.18 Å². The zero-order valence-electron chi connectivity index (χ0n) is 17.1. The molecule has 0 saturated carbocycles. The van der Waals surface area contributed by atoms with Gasteiger partial charge in [0.25, 0.3) is 5.91 Å². The molecule has 168 valence electrons. The first-order valence-electron chi connectivity index (χ1n) is 9.83. The highest BCUT2D eigenvalue weighted by molar-refractivity contribution is 6.33. The van der Waals surface area contributed by atoms with Gasteiger partial charge in [0.05, 0.1) is 6.54 Å². The van der Waals surface area contributed by atoms with Gasteiger partial charge in [0.15, 0.2) is 5.82 Å². The van der Waals surface area contributed by atoms with E-state index in [-0.39, 0.29) is 34.6 Å². The predicted octanol–water partition coefficient (Wildman–Crippen LogP) is 6.86. The van der Waals surface area contributed by atoms with E-state index in [1.807, 2.05) is 6.07 Å². The maximum Gasteiger partial charge on any atom is 0.256 e. The van der Waals surface area contributed by atoms with Crippen LogP contribution in [0.5, 0.6) is 5.75 Å². The second-order valence-corrected chi connectivity index (χ2v) is 8.37. The fourth-order valence-electron chi connectivity index (χ4n) is 3.11. The normalized spacial score (nSPS) is 10.8. The van der Waals surface area contributed by atoms with Crippen molar-refractivity contribution in [3.63, 3.8) is 0 Å². The first-order chi connectivity index (χ1) is 15.9. The summed E-state index contributed by atoms with van der Waals surface area (Å²) in [7, 11) is 0. The molecule has 1 amide bonds. The fourth-order valence-corrected chi connectivity index (χ4v) is 3.71. The molecule has 0 atom stereocenters. The van der Waals surface area contributed by atoms with Crippen LogP contribution in [0, 0.1) is 5.82 Å². The molecule has 0 unspecified atom stereocenters. The molecule has 5 nitrogen and oxygen atoms in total. The van der Waals surface area contributed by atoms with Gasteiger partial charge in [-0.25, -0.2) is 4.39 Å². The number of rotatable bonds is 7. The predicted molar refractivity (Wildman–Crippen MR) is 128 cm³/mol. The molecule has 0 bridgehead atoms. The molecular formula is C24H17Cl3FN3O2. The number of ether oxygens (including phenoxy) is 1. The largest absolute Gasteiger partial charge is 0.489 e. The van der Waals surface area contributed by atoms with E-state index < -0.39 is 11.7 Å². The Morgan fingerprint density at radius 2 is 1.79 bits per heavy atom. The number of nitrogens with one attached hydrogen (secondary N) is 1. The van der Waals surface area contributed by atoms with E-state index in [0.29, 0.717) is 16.3 Å². The highest BCUT2D eigenvalue weighted by atomic mass is 35.5. The summed E-state index contributed by atoms with van der Waals surface area (Å²) in [4.78, 5) is 12.8. The molecule has 0 fully saturated rings. The summed E-state index contributed by atoms with van der Waals surface area (Å²) in [5.74, 6) is -0.0495. The molecule has 1 heterocycles. The number of halogens is 4. The first kappa shape index (κ1) is 23.1. The lowest BCUT2D eigenvalue weighted by molar-refractivity contribution is 0.102. The summed E-state index contributed by atoms with van der Waals surface area (Å²) in [5.41, 5.74) is 1.49. The summed E-state index contributed by atoms with van der Waals surface area (Å²) in [6.07, 6.45) is 1.50. The molecule has 9 heteroatoms. The monoisotopic (exact) mass is 503 g/mol. The van der Waals surface area contributed by atoms with Gasteiger partial charge in [0.2, 0.25) is 0 Å². The third kappa shape index (κ3) is 5.85. The summed E-state index contributed by atoms with van der Waals surface area (Å²) in [6, 6.07) is 18.5. The van der Waals surface area contributed by atoms with E-state index in [2.05, 4.69) is 10.4 Å². The average Bonchev–Trinajstić information content (AvgIpc) is 3.14. The Morgan fingerprint density at radius 1 is 1.00 bits per heavy atom. The highest BCUT2D eigenvalue weighted by Crippen LogP contribution is 2.24. The van der Waals surface area contributed by atoms with Gasteiger partial charge in [-0.15, -0.1) is 0 Å². The van der Waals surface area contributed by atoms with Gasteiger partial charge in [-0.3, -0.25) is 9.48 Å². The molecule has 3 aromatic carbocycles. The maximum absolute atomic E-state index is 14.1. The number of hydrogen-bond acceptors (Lipinski definition) is 3. The molecule has 0 aliphatic rings. The van der Waals surface area contributed by atoms with Crippen molar-refractivity contribution in [2.45, 2.75) is 13.2 Å². The van der Waals surface area contributed by atoms with Crippen molar-refractivity contribution in [3.05, 3.63) is 111 Å². The molecule has 1 aromatic heterocycles. The molecule has 0 saturated heterocycles. The Morgan fingerprint density at radius 3 is 2.58 bits per heavy atom. The van der Waals surface area contributed by atoms with Crippen molar-refractivity contribution in [2.24, 2.45) is 0 Å². The summed E-state index contributed by atoms with van der Waals surface area (Å²) < 4.78 is 21.2. The van der Waals surface area contributed by atoms with E-state index in [4.69, 9.17) is 39.5 Å². The Labute approximate surface area is 204 Å². The van der Waals surface area contributed by atoms with Crippen LogP contribution in [-0.2, 0) is 13.2 Å². The summed E-state index contributed by atoms with van der Waals surface area (Å²) >= 11 is 18.3. The van der Waals surface area contributed by atoms with Crippen LogP contribution in [0.1, 0.15) is 21.5 Å². The zero-order valence-corrected chi connectivity index (χ0v) is 19.3. The number of aromatic nitrogens is 2. The van der Waals surface area contributed by atoms with E-state index in [1.54, 1.807) is 48.5 Å². The number of carbonyl (C=O) groups is 1. The lowest BCUT2D eigenvalue weighted by Gasteiger charge is -2.08. The third-order valence-corrected chi connectivity index (χ3v) is 5.59. The van der Waals surface area contributed by atoms with Gasteiger partial charge < -0.3 is 10.1 Å². The molecule has 0 radical (unpaired) electrons. The second kappa shape index (κ2) is 10.3. The van der Waals surface area contributed by atoms with E-state index in [1.165, 1.54) is 23.0 Å². The van der Waals surface area contributed by atoms with Gasteiger partial charge in [0, 0.05) is 27.4 Å². The first-order valence-corrected chi connectivity index (χ1v) is 11.0. The number of amides is 1. The number of carbonyl (C=O) groups excluding carboxylic acids is 1. The average molecular weight is 505 g/mol. The molecule has 0 spiro atoms. The zero-order chi connectivity index (χ0) is 23.4. The molecular weight excluding hydrogens is 488 g/mol. The Hall–Kier alpha value is -3.06. The number of hydrogen-bond donors (Lipinski definition) is 1. The van der Waals surface area contributed by atoms with Gasteiger partial charge in [-0.05, 0) is 48.0 Å². The summed E-state index contributed by atoms with van der Waals surface area (Å²) in [5, 5.41) is 8.01. The number of benzene rings is 3. The summed E-state index contributed by atoms with van der Waals surface area (Å²) in [6.45, 7) is 0.331. The number of nitrogens with zero attached hydrogens (tertiary/aromatic N) is 2. The molecule has 33 heavy (non-hydrogen) atoms. The minimum atomic E-state index is -0.448. The van der Waals surface area contributed by atoms with E-state index in [0.717, 1.165) is 5.56 Å². The van der Waals surface area contributed by atoms with Crippen molar-refractivity contribution in [1.29, 1.82) is 0 Å². The lowest BCUT2D eigenvalue weighted by atomic mass is 10.1. The standard InChI is InChI=1S/C24H17Cl3FN3O2/c25-17-6-2-7-18(11-17)33-14-15-4-1-5-16(10-15)24(32)29-23-21(27)13-31(30-23)12-19-20(26)8-3-9-22(19)28/h1-11,13H,12,14H2,(H,29,30,32). The Balaban J connectivity index is 1.43. The third-order valence-electron chi connectivity index (χ3n) is 4.72. The minimum absolute atomic E-state index is 0.0669. The number of anilines is 1. The van der Waals surface area contributed by atoms with Gasteiger partial charge in [0.1, 0.15) is 23.2 Å². The van der Waals surface area contributed by atoms with Crippen LogP contribution < -0.4 is 10.1 Å². The topological polar surface area (TPSA) is 56.2 Å². The molecule has 0 aliphatic heterocycles. The Kier molecular flexibility index (Phi) is 7.18. The van der Waals surface area contributed by atoms with Crippen molar-refractivity contribution in [1.82, 2.24) is 9.78 Å². The van der Waals surface area contributed by atoms with Crippen LogP contribution in [0.25, 0.3) is 0 Å². The van der Waals surface area contributed by atoms with Crippen LogP contribution in [0.2, 0.25) is 15.1 Å². The van der Waals surface area contributed by atoms with Crippen LogP contribution in [0.4, 0.5) is 10.2 Å². The van der Waals surface area contributed by atoms with Gasteiger partial charge in [-0.1, -0.05) is 59.1 Å². The van der Waals surface area contributed by atoms with Crippen LogP contribution in [0.15, 0.2) is 72.9 Å². The minimum Gasteiger partial charge on any atom is -0.489 e. The lowest BCUT2D eigenvalue weighted by Crippen LogP contribution is -2.14. The van der Waals surface area contributed by atoms with Gasteiger partial charge in [-0.2, -0.15) is 5.10 Å². The molecule has 4 rings (SSSR count). The van der Waals surface area contributed by atoms with Crippen molar-refractivity contribution >= 4 is 46.5 Å². The molecule has 0 aliphatic carbocycles. The van der Waals surface area contributed by atoms with E-state index >= 15 is 0 Å². The fraction of sp³-hybridized carbons (Fsp3) is 0.0833. The quantitative estimate of drug-likeness (QED) is 0.299.